The largest absolute Gasteiger partial charge is 0.504 e. The number of aromatic hydroxyl groups is 1. The summed E-state index contributed by atoms with van der Waals surface area (Å²) in [7, 11) is 0. The maximum atomic E-state index is 12.1. The van der Waals surface area contributed by atoms with Gasteiger partial charge < -0.3 is 14.6 Å². The standard InChI is InChI=1S/C12H11F2NO4/c1-2-18-11(17)5-7-4-10(19-12(13)14)9(16)3-8(7)6-15/h3-4,12,16H,2,5H2,1H3. The van der Waals surface area contributed by atoms with Gasteiger partial charge in [0.05, 0.1) is 24.7 Å². The minimum atomic E-state index is -3.12. The second-order valence-electron chi connectivity index (χ2n) is 3.45. The first-order chi connectivity index (χ1) is 8.97. The molecule has 0 aromatic heterocycles. The predicted octanol–water partition coefficient (Wildman–Crippen LogP) is 1.97. The van der Waals surface area contributed by atoms with E-state index in [2.05, 4.69) is 4.74 Å². The summed E-state index contributed by atoms with van der Waals surface area (Å²) in [6, 6.07) is 3.74. The molecule has 0 aliphatic heterocycles. The summed E-state index contributed by atoms with van der Waals surface area (Å²) in [5.41, 5.74) is 0.140. The van der Waals surface area contributed by atoms with Gasteiger partial charge in [0.1, 0.15) is 0 Å². The maximum absolute atomic E-state index is 12.1. The number of carbonyl (C=O) groups excluding carboxylic acids is 1. The van der Waals surface area contributed by atoms with Gasteiger partial charge >= 0.3 is 12.6 Å². The van der Waals surface area contributed by atoms with E-state index in [0.29, 0.717) is 0 Å². The highest BCUT2D eigenvalue weighted by atomic mass is 19.3. The fourth-order valence-electron chi connectivity index (χ4n) is 1.42. The molecule has 1 rings (SSSR count). The number of halogens is 2. The minimum Gasteiger partial charge on any atom is -0.504 e. The average Bonchev–Trinajstić information content (AvgIpc) is 2.32. The van der Waals surface area contributed by atoms with Crippen molar-refractivity contribution in [3.63, 3.8) is 0 Å². The smallest absolute Gasteiger partial charge is 0.387 e. The fraction of sp³-hybridized carbons (Fsp3) is 0.333. The number of hydrogen-bond acceptors (Lipinski definition) is 5. The highest BCUT2D eigenvalue weighted by Gasteiger charge is 2.16. The van der Waals surface area contributed by atoms with E-state index in [9.17, 15) is 18.7 Å². The van der Waals surface area contributed by atoms with Gasteiger partial charge in [0.25, 0.3) is 0 Å². The number of ether oxygens (including phenoxy) is 2. The Balaban J connectivity index is 3.07. The molecule has 0 amide bonds. The van der Waals surface area contributed by atoms with E-state index in [1.54, 1.807) is 13.0 Å². The first-order valence-corrected chi connectivity index (χ1v) is 5.34. The zero-order valence-electron chi connectivity index (χ0n) is 10.0. The Morgan fingerprint density at radius 1 is 1.53 bits per heavy atom. The number of benzene rings is 1. The molecule has 1 aromatic carbocycles. The van der Waals surface area contributed by atoms with Gasteiger partial charge in [-0.15, -0.1) is 0 Å². The van der Waals surface area contributed by atoms with Crippen LogP contribution in [0.2, 0.25) is 0 Å². The molecule has 5 nitrogen and oxygen atoms in total. The van der Waals surface area contributed by atoms with E-state index in [4.69, 9.17) is 10.00 Å². The molecule has 102 valence electrons. The average molecular weight is 271 g/mol. The molecular formula is C12H11F2NO4. The molecule has 1 N–H and O–H groups in total. The summed E-state index contributed by atoms with van der Waals surface area (Å²) >= 11 is 0. The van der Waals surface area contributed by atoms with Gasteiger partial charge in [-0.3, -0.25) is 4.79 Å². The lowest BCUT2D eigenvalue weighted by molar-refractivity contribution is -0.142. The number of phenolic OH excluding ortho intramolecular Hbond substituents is 1. The molecule has 0 heterocycles. The van der Waals surface area contributed by atoms with Gasteiger partial charge in [0.2, 0.25) is 0 Å². The second-order valence-corrected chi connectivity index (χ2v) is 3.45. The summed E-state index contributed by atoms with van der Waals surface area (Å²) in [6.07, 6.45) is -0.267. The van der Waals surface area contributed by atoms with Crippen LogP contribution in [0, 0.1) is 11.3 Å². The van der Waals surface area contributed by atoms with Crippen LogP contribution in [0.4, 0.5) is 8.78 Å². The third-order valence-electron chi connectivity index (χ3n) is 2.16. The highest BCUT2D eigenvalue weighted by Crippen LogP contribution is 2.31. The Morgan fingerprint density at radius 2 is 2.21 bits per heavy atom. The molecule has 0 aliphatic rings. The van der Waals surface area contributed by atoms with Crippen LogP contribution in [-0.2, 0) is 16.0 Å². The van der Waals surface area contributed by atoms with Crippen molar-refractivity contribution < 1.29 is 28.2 Å². The Labute approximate surface area is 108 Å². The van der Waals surface area contributed by atoms with Crippen molar-refractivity contribution in [3.8, 4) is 17.6 Å². The minimum absolute atomic E-state index is 0.00725. The number of esters is 1. The van der Waals surface area contributed by atoms with Crippen LogP contribution in [0.5, 0.6) is 11.5 Å². The molecule has 0 spiro atoms. The van der Waals surface area contributed by atoms with Gasteiger partial charge in [0.15, 0.2) is 11.5 Å². The fourth-order valence-corrected chi connectivity index (χ4v) is 1.42. The van der Waals surface area contributed by atoms with Crippen molar-refractivity contribution in [2.45, 2.75) is 20.0 Å². The Kier molecular flexibility index (Phi) is 5.06. The van der Waals surface area contributed by atoms with Crippen LogP contribution in [0.25, 0.3) is 0 Å². The zero-order valence-corrected chi connectivity index (χ0v) is 10.0. The molecule has 19 heavy (non-hydrogen) atoms. The number of nitriles is 1. The summed E-state index contributed by atoms with van der Waals surface area (Å²) in [5, 5.41) is 18.3. The van der Waals surface area contributed by atoms with Crippen molar-refractivity contribution in [2.24, 2.45) is 0 Å². The quantitative estimate of drug-likeness (QED) is 0.828. The Morgan fingerprint density at radius 3 is 2.74 bits per heavy atom. The molecule has 0 aliphatic carbocycles. The number of carbonyl (C=O) groups is 1. The summed E-state index contributed by atoms with van der Waals surface area (Å²) in [6.45, 7) is -1.33. The topological polar surface area (TPSA) is 79.6 Å². The van der Waals surface area contributed by atoms with Crippen molar-refractivity contribution in [1.29, 1.82) is 5.26 Å². The molecule has 0 radical (unpaired) electrons. The third kappa shape index (κ3) is 4.10. The van der Waals surface area contributed by atoms with Crippen molar-refractivity contribution in [1.82, 2.24) is 0 Å². The molecule has 0 saturated carbocycles. The maximum Gasteiger partial charge on any atom is 0.387 e. The normalized spacial score (nSPS) is 10.1. The van der Waals surface area contributed by atoms with Crippen LogP contribution < -0.4 is 4.74 Å². The van der Waals surface area contributed by atoms with Crippen LogP contribution in [-0.4, -0.2) is 24.3 Å². The predicted molar refractivity (Wildman–Crippen MR) is 59.8 cm³/mol. The number of hydrogen-bond donors (Lipinski definition) is 1. The van der Waals surface area contributed by atoms with Gasteiger partial charge in [-0.2, -0.15) is 14.0 Å². The van der Waals surface area contributed by atoms with E-state index >= 15 is 0 Å². The zero-order chi connectivity index (χ0) is 14.4. The van der Waals surface area contributed by atoms with E-state index in [1.165, 1.54) is 0 Å². The number of phenols is 1. The SMILES string of the molecule is CCOC(=O)Cc1cc(OC(F)F)c(O)cc1C#N. The molecule has 0 fully saturated rings. The van der Waals surface area contributed by atoms with E-state index in [0.717, 1.165) is 12.1 Å². The first kappa shape index (κ1) is 14.7. The van der Waals surface area contributed by atoms with Crippen LogP contribution in [0.1, 0.15) is 18.1 Å². The molecule has 0 atom stereocenters. The number of alkyl halides is 2. The van der Waals surface area contributed by atoms with Crippen molar-refractivity contribution in [3.05, 3.63) is 23.3 Å². The lowest BCUT2D eigenvalue weighted by Gasteiger charge is -2.10. The first-order valence-electron chi connectivity index (χ1n) is 5.34. The molecule has 0 bridgehead atoms. The number of nitrogens with zero attached hydrogens (tertiary/aromatic N) is 1. The Bertz CT molecular complexity index is 511. The van der Waals surface area contributed by atoms with Gasteiger partial charge in [-0.25, -0.2) is 0 Å². The number of rotatable bonds is 5. The van der Waals surface area contributed by atoms with Crippen molar-refractivity contribution in [2.75, 3.05) is 6.61 Å². The van der Waals surface area contributed by atoms with Crippen LogP contribution >= 0.6 is 0 Å². The van der Waals surface area contributed by atoms with E-state index < -0.39 is 24.1 Å². The highest BCUT2D eigenvalue weighted by molar-refractivity contribution is 5.74. The Hall–Kier alpha value is -2.36. The molecule has 7 heteroatoms. The van der Waals surface area contributed by atoms with E-state index in [-0.39, 0.29) is 24.2 Å². The summed E-state index contributed by atoms with van der Waals surface area (Å²) in [5.74, 6) is -1.69. The second kappa shape index (κ2) is 6.54. The molecule has 0 unspecified atom stereocenters. The third-order valence-corrected chi connectivity index (χ3v) is 2.16. The van der Waals surface area contributed by atoms with Gasteiger partial charge in [0, 0.05) is 6.07 Å². The summed E-state index contributed by atoms with van der Waals surface area (Å²) < 4.78 is 33.0. The van der Waals surface area contributed by atoms with Gasteiger partial charge in [-0.05, 0) is 18.6 Å². The summed E-state index contributed by atoms with van der Waals surface area (Å²) in [4.78, 5) is 11.3. The molecule has 0 saturated heterocycles. The molecular weight excluding hydrogens is 260 g/mol. The van der Waals surface area contributed by atoms with Gasteiger partial charge in [-0.1, -0.05) is 0 Å². The van der Waals surface area contributed by atoms with E-state index in [1.807, 2.05) is 0 Å². The monoisotopic (exact) mass is 271 g/mol. The van der Waals surface area contributed by atoms with Crippen LogP contribution in [0.15, 0.2) is 12.1 Å². The van der Waals surface area contributed by atoms with Crippen molar-refractivity contribution >= 4 is 5.97 Å². The van der Waals surface area contributed by atoms with Crippen LogP contribution in [0.3, 0.4) is 0 Å². The molecule has 1 aromatic rings. The lowest BCUT2D eigenvalue weighted by atomic mass is 10.0. The lowest BCUT2D eigenvalue weighted by Crippen LogP contribution is -2.09.